The van der Waals surface area contributed by atoms with Gasteiger partial charge in [0.2, 0.25) is 5.91 Å². The molecule has 1 aromatic carbocycles. The lowest BCUT2D eigenvalue weighted by Gasteiger charge is -2.27. The van der Waals surface area contributed by atoms with Gasteiger partial charge in [-0.2, -0.15) is 0 Å². The quantitative estimate of drug-likeness (QED) is 0.855. The molecule has 1 saturated carbocycles. The molecule has 0 unspecified atom stereocenters. The summed E-state index contributed by atoms with van der Waals surface area (Å²) in [5, 5.41) is 12.8. The van der Waals surface area contributed by atoms with Crippen LogP contribution < -0.4 is 5.32 Å². The van der Waals surface area contributed by atoms with Crippen LogP contribution in [0.5, 0.6) is 0 Å². The van der Waals surface area contributed by atoms with Crippen LogP contribution in [0.2, 0.25) is 0 Å². The van der Waals surface area contributed by atoms with Gasteiger partial charge in [0.25, 0.3) is 0 Å². The molecular formula is C19H24N2O3. The van der Waals surface area contributed by atoms with Gasteiger partial charge < -0.3 is 14.8 Å². The van der Waals surface area contributed by atoms with Crippen molar-refractivity contribution in [1.82, 2.24) is 10.3 Å². The highest BCUT2D eigenvalue weighted by Crippen LogP contribution is 2.23. The van der Waals surface area contributed by atoms with Crippen LogP contribution in [0.25, 0.3) is 11.3 Å². The van der Waals surface area contributed by atoms with Gasteiger partial charge in [0.1, 0.15) is 0 Å². The number of aliphatic hydroxyl groups is 1. The Morgan fingerprint density at radius 1 is 1.25 bits per heavy atom. The average molecular weight is 328 g/mol. The van der Waals surface area contributed by atoms with Crippen molar-refractivity contribution >= 4 is 5.91 Å². The molecule has 24 heavy (non-hydrogen) atoms. The van der Waals surface area contributed by atoms with Crippen molar-refractivity contribution in [3.63, 3.8) is 0 Å². The summed E-state index contributed by atoms with van der Waals surface area (Å²) >= 11 is 0. The topological polar surface area (TPSA) is 75.4 Å². The van der Waals surface area contributed by atoms with Crippen LogP contribution in [0.1, 0.15) is 38.0 Å². The average Bonchev–Trinajstić information content (AvgIpc) is 3.09. The standard InChI is InChI=1S/C19H24N2O3/c22-16-9-5-4-8-15(16)12-20-18(23)10-11-19-21-13-17(24-19)14-6-2-1-3-7-14/h1-3,6-7,13,15-16,22H,4-5,8-12H2,(H,20,23)/t15-,16+/m1/s1. The summed E-state index contributed by atoms with van der Waals surface area (Å²) in [5.41, 5.74) is 0.979. The van der Waals surface area contributed by atoms with Crippen molar-refractivity contribution in [2.75, 3.05) is 6.54 Å². The Morgan fingerprint density at radius 2 is 2.04 bits per heavy atom. The van der Waals surface area contributed by atoms with E-state index in [1.54, 1.807) is 6.20 Å². The van der Waals surface area contributed by atoms with E-state index in [4.69, 9.17) is 4.42 Å². The van der Waals surface area contributed by atoms with Gasteiger partial charge in [-0.05, 0) is 12.8 Å². The van der Waals surface area contributed by atoms with E-state index < -0.39 is 0 Å². The van der Waals surface area contributed by atoms with E-state index in [0.717, 1.165) is 37.0 Å². The van der Waals surface area contributed by atoms with Crippen LogP contribution in [-0.2, 0) is 11.2 Å². The number of aromatic nitrogens is 1. The molecule has 1 amide bonds. The normalized spacial score (nSPS) is 20.7. The highest BCUT2D eigenvalue weighted by molar-refractivity contribution is 5.76. The van der Waals surface area contributed by atoms with Gasteiger partial charge in [-0.3, -0.25) is 4.79 Å². The summed E-state index contributed by atoms with van der Waals surface area (Å²) in [6.45, 7) is 0.556. The van der Waals surface area contributed by atoms with Crippen LogP contribution in [0, 0.1) is 5.92 Å². The summed E-state index contributed by atoms with van der Waals surface area (Å²) in [6.07, 6.45) is 6.29. The second-order valence-electron chi connectivity index (χ2n) is 6.40. The molecule has 2 aromatic rings. The number of amides is 1. The lowest BCUT2D eigenvalue weighted by molar-refractivity contribution is -0.121. The maximum Gasteiger partial charge on any atom is 0.220 e. The van der Waals surface area contributed by atoms with Crippen molar-refractivity contribution in [2.24, 2.45) is 5.92 Å². The number of nitrogens with zero attached hydrogens (tertiary/aromatic N) is 1. The highest BCUT2D eigenvalue weighted by Gasteiger charge is 2.23. The number of aryl methyl sites for hydroxylation is 1. The lowest BCUT2D eigenvalue weighted by Crippen LogP contribution is -2.36. The lowest BCUT2D eigenvalue weighted by atomic mass is 9.86. The third-order valence-electron chi connectivity index (χ3n) is 4.61. The smallest absolute Gasteiger partial charge is 0.220 e. The first-order valence-corrected chi connectivity index (χ1v) is 8.67. The number of carbonyl (C=O) groups is 1. The minimum Gasteiger partial charge on any atom is -0.441 e. The third kappa shape index (κ3) is 4.45. The van der Waals surface area contributed by atoms with E-state index in [1.807, 2.05) is 30.3 Å². The Morgan fingerprint density at radius 3 is 2.83 bits per heavy atom. The van der Waals surface area contributed by atoms with Gasteiger partial charge >= 0.3 is 0 Å². The molecule has 128 valence electrons. The predicted molar refractivity (Wildman–Crippen MR) is 91.2 cm³/mol. The van der Waals surface area contributed by atoms with Gasteiger partial charge in [0.15, 0.2) is 11.7 Å². The van der Waals surface area contributed by atoms with Crippen molar-refractivity contribution in [3.8, 4) is 11.3 Å². The molecule has 2 N–H and O–H groups in total. The first kappa shape index (κ1) is 16.7. The second kappa shape index (κ2) is 8.11. The molecule has 1 heterocycles. The van der Waals surface area contributed by atoms with Gasteiger partial charge in [0.05, 0.1) is 12.3 Å². The molecular weight excluding hydrogens is 304 g/mol. The molecule has 2 atom stereocenters. The Hall–Kier alpha value is -2.14. The molecule has 1 aliphatic rings. The SMILES string of the molecule is O=C(CCc1ncc(-c2ccccc2)o1)NC[C@H]1CCCC[C@@H]1O. The molecule has 1 fully saturated rings. The predicted octanol–water partition coefficient (Wildman–Crippen LogP) is 2.94. The number of carbonyl (C=O) groups excluding carboxylic acids is 1. The van der Waals surface area contributed by atoms with Crippen molar-refractivity contribution in [1.29, 1.82) is 0 Å². The first-order valence-electron chi connectivity index (χ1n) is 8.67. The molecule has 1 aromatic heterocycles. The zero-order chi connectivity index (χ0) is 16.8. The first-order chi connectivity index (χ1) is 11.7. The Labute approximate surface area is 142 Å². The molecule has 0 bridgehead atoms. The van der Waals surface area contributed by atoms with Crippen LogP contribution >= 0.6 is 0 Å². The summed E-state index contributed by atoms with van der Waals surface area (Å²) in [4.78, 5) is 16.2. The third-order valence-corrected chi connectivity index (χ3v) is 4.61. The van der Waals surface area contributed by atoms with Crippen molar-refractivity contribution in [2.45, 2.75) is 44.6 Å². The largest absolute Gasteiger partial charge is 0.441 e. The van der Waals surface area contributed by atoms with Gasteiger partial charge in [-0.25, -0.2) is 4.98 Å². The number of rotatable bonds is 6. The summed E-state index contributed by atoms with van der Waals surface area (Å²) < 4.78 is 5.70. The summed E-state index contributed by atoms with van der Waals surface area (Å²) in [7, 11) is 0. The maximum absolute atomic E-state index is 12.0. The molecule has 5 heteroatoms. The summed E-state index contributed by atoms with van der Waals surface area (Å²) in [6, 6.07) is 9.78. The van der Waals surface area contributed by atoms with E-state index in [-0.39, 0.29) is 17.9 Å². The molecule has 1 aliphatic carbocycles. The minimum atomic E-state index is -0.278. The number of aliphatic hydroxyl groups excluding tert-OH is 1. The number of hydrogen-bond acceptors (Lipinski definition) is 4. The number of hydrogen-bond donors (Lipinski definition) is 2. The van der Waals surface area contributed by atoms with Gasteiger partial charge in [-0.15, -0.1) is 0 Å². The number of nitrogens with one attached hydrogen (secondary N) is 1. The second-order valence-corrected chi connectivity index (χ2v) is 6.40. The van der Waals surface area contributed by atoms with E-state index in [9.17, 15) is 9.90 Å². The van der Waals surface area contributed by atoms with E-state index >= 15 is 0 Å². The van der Waals surface area contributed by atoms with Crippen LogP contribution in [-0.4, -0.2) is 28.6 Å². The Balaban J connectivity index is 1.44. The fraction of sp³-hybridized carbons (Fsp3) is 0.474. The van der Waals surface area contributed by atoms with E-state index in [2.05, 4.69) is 10.3 Å². The molecule has 0 radical (unpaired) electrons. The van der Waals surface area contributed by atoms with E-state index in [1.165, 1.54) is 0 Å². The van der Waals surface area contributed by atoms with Gasteiger partial charge in [0, 0.05) is 30.9 Å². The van der Waals surface area contributed by atoms with E-state index in [0.29, 0.717) is 25.3 Å². The Kier molecular flexibility index (Phi) is 5.64. The van der Waals surface area contributed by atoms with Crippen LogP contribution in [0.4, 0.5) is 0 Å². The van der Waals surface area contributed by atoms with Gasteiger partial charge in [-0.1, -0.05) is 43.2 Å². The highest BCUT2D eigenvalue weighted by atomic mass is 16.4. The maximum atomic E-state index is 12.0. The number of benzene rings is 1. The molecule has 5 nitrogen and oxygen atoms in total. The fourth-order valence-corrected chi connectivity index (χ4v) is 3.14. The summed E-state index contributed by atoms with van der Waals surface area (Å²) in [5.74, 6) is 1.46. The zero-order valence-corrected chi connectivity index (χ0v) is 13.8. The van der Waals surface area contributed by atoms with Crippen molar-refractivity contribution < 1.29 is 14.3 Å². The van der Waals surface area contributed by atoms with Crippen molar-refractivity contribution in [3.05, 3.63) is 42.4 Å². The molecule has 3 rings (SSSR count). The number of oxazole rings is 1. The molecule has 0 aliphatic heterocycles. The monoisotopic (exact) mass is 328 g/mol. The molecule has 0 saturated heterocycles. The Bertz CT molecular complexity index is 654. The van der Waals surface area contributed by atoms with Crippen LogP contribution in [0.15, 0.2) is 40.9 Å². The fourth-order valence-electron chi connectivity index (χ4n) is 3.14. The minimum absolute atomic E-state index is 0.0211. The molecule has 0 spiro atoms. The van der Waals surface area contributed by atoms with Crippen LogP contribution in [0.3, 0.4) is 0 Å². The zero-order valence-electron chi connectivity index (χ0n) is 13.8.